The van der Waals surface area contributed by atoms with E-state index >= 15 is 0 Å². The third kappa shape index (κ3) is 4.55. The Morgan fingerprint density at radius 3 is 2.33 bits per heavy atom. The molecule has 2 nitrogen and oxygen atoms in total. The molecule has 0 bridgehead atoms. The summed E-state index contributed by atoms with van der Waals surface area (Å²) in [6.07, 6.45) is 4.32. The Hall–Kier alpha value is -0.0800. The summed E-state index contributed by atoms with van der Waals surface area (Å²) in [5, 5.41) is 10.0. The maximum Gasteiger partial charge on any atom is 0.0555 e. The standard InChI is InChI=1S/C16H33NO/c1-6-9-17(11-12(2)3)16-10-14(18)7-8-15(16)13(4)5/h12-16,18H,6-11H2,1-5H3. The monoisotopic (exact) mass is 255 g/mol. The molecule has 0 radical (unpaired) electrons. The highest BCUT2D eigenvalue weighted by atomic mass is 16.3. The molecule has 1 saturated carbocycles. The second kappa shape index (κ2) is 7.49. The minimum atomic E-state index is -0.0727. The molecule has 3 atom stereocenters. The second-order valence-corrected chi connectivity index (χ2v) is 6.83. The third-order valence-corrected chi connectivity index (χ3v) is 4.28. The van der Waals surface area contributed by atoms with Crippen LogP contribution in [0.2, 0.25) is 0 Å². The SMILES string of the molecule is CCCN(CC(C)C)C1CC(O)CCC1C(C)C. The molecular weight excluding hydrogens is 222 g/mol. The summed E-state index contributed by atoms with van der Waals surface area (Å²) < 4.78 is 0. The molecule has 0 aliphatic heterocycles. The van der Waals surface area contributed by atoms with Gasteiger partial charge in [0, 0.05) is 12.6 Å². The maximum atomic E-state index is 10.0. The lowest BCUT2D eigenvalue weighted by molar-refractivity contribution is 0.00705. The van der Waals surface area contributed by atoms with E-state index in [1.165, 1.54) is 25.9 Å². The number of aliphatic hydroxyl groups is 1. The molecule has 0 spiro atoms. The summed E-state index contributed by atoms with van der Waals surface area (Å²) in [4.78, 5) is 2.65. The molecule has 0 aromatic rings. The molecule has 2 heteroatoms. The molecule has 1 N–H and O–H groups in total. The van der Waals surface area contributed by atoms with Crippen LogP contribution in [0.3, 0.4) is 0 Å². The van der Waals surface area contributed by atoms with Crippen LogP contribution in [0.5, 0.6) is 0 Å². The van der Waals surface area contributed by atoms with Crippen molar-refractivity contribution in [1.29, 1.82) is 0 Å². The van der Waals surface area contributed by atoms with Crippen molar-refractivity contribution in [2.24, 2.45) is 17.8 Å². The van der Waals surface area contributed by atoms with Gasteiger partial charge in [0.05, 0.1) is 6.10 Å². The van der Waals surface area contributed by atoms with E-state index in [1.807, 2.05) is 0 Å². The molecule has 0 heterocycles. The predicted molar refractivity (Wildman–Crippen MR) is 78.7 cm³/mol. The first-order valence-electron chi connectivity index (χ1n) is 7.87. The van der Waals surface area contributed by atoms with Gasteiger partial charge in [-0.1, -0.05) is 34.6 Å². The minimum Gasteiger partial charge on any atom is -0.393 e. The Morgan fingerprint density at radius 1 is 1.17 bits per heavy atom. The van der Waals surface area contributed by atoms with Gasteiger partial charge < -0.3 is 5.11 Å². The average Bonchev–Trinajstić information content (AvgIpc) is 2.27. The lowest BCUT2D eigenvalue weighted by Crippen LogP contribution is -2.48. The number of nitrogens with zero attached hydrogens (tertiary/aromatic N) is 1. The maximum absolute atomic E-state index is 10.0. The van der Waals surface area contributed by atoms with Crippen molar-refractivity contribution in [3.63, 3.8) is 0 Å². The summed E-state index contributed by atoms with van der Waals surface area (Å²) in [5.41, 5.74) is 0. The lowest BCUT2D eigenvalue weighted by atomic mass is 9.75. The molecule has 0 amide bonds. The zero-order valence-electron chi connectivity index (χ0n) is 13.0. The van der Waals surface area contributed by atoms with E-state index in [0.717, 1.165) is 24.7 Å². The van der Waals surface area contributed by atoms with Crippen molar-refractivity contribution in [1.82, 2.24) is 4.90 Å². The largest absolute Gasteiger partial charge is 0.393 e. The van der Waals surface area contributed by atoms with Crippen LogP contribution < -0.4 is 0 Å². The van der Waals surface area contributed by atoms with Crippen molar-refractivity contribution < 1.29 is 5.11 Å². The fourth-order valence-electron chi connectivity index (χ4n) is 3.49. The van der Waals surface area contributed by atoms with Crippen LogP contribution in [0.4, 0.5) is 0 Å². The molecule has 0 aromatic heterocycles. The van der Waals surface area contributed by atoms with Crippen LogP contribution in [0.15, 0.2) is 0 Å². The highest BCUT2D eigenvalue weighted by molar-refractivity contribution is 4.88. The first-order chi connectivity index (χ1) is 8.45. The van der Waals surface area contributed by atoms with Crippen LogP contribution in [0.1, 0.15) is 60.3 Å². The van der Waals surface area contributed by atoms with Crippen molar-refractivity contribution in [3.05, 3.63) is 0 Å². The molecule has 3 unspecified atom stereocenters. The topological polar surface area (TPSA) is 23.5 Å². The second-order valence-electron chi connectivity index (χ2n) is 6.83. The van der Waals surface area contributed by atoms with Gasteiger partial charge >= 0.3 is 0 Å². The van der Waals surface area contributed by atoms with E-state index < -0.39 is 0 Å². The third-order valence-electron chi connectivity index (χ3n) is 4.28. The van der Waals surface area contributed by atoms with Gasteiger partial charge in [-0.3, -0.25) is 4.90 Å². The minimum absolute atomic E-state index is 0.0727. The molecule has 0 aromatic carbocycles. The Kier molecular flexibility index (Phi) is 6.65. The fourth-order valence-corrected chi connectivity index (χ4v) is 3.49. The van der Waals surface area contributed by atoms with Gasteiger partial charge in [-0.2, -0.15) is 0 Å². The average molecular weight is 255 g/mol. The van der Waals surface area contributed by atoms with E-state index in [4.69, 9.17) is 0 Å². The predicted octanol–water partition coefficient (Wildman–Crippen LogP) is 3.54. The highest BCUT2D eigenvalue weighted by Crippen LogP contribution is 2.34. The van der Waals surface area contributed by atoms with E-state index in [1.54, 1.807) is 0 Å². The van der Waals surface area contributed by atoms with Crippen molar-refractivity contribution in [2.45, 2.75) is 72.4 Å². The van der Waals surface area contributed by atoms with Crippen molar-refractivity contribution in [3.8, 4) is 0 Å². The Labute approximate surface area is 114 Å². The van der Waals surface area contributed by atoms with Crippen LogP contribution in [0, 0.1) is 17.8 Å². The summed E-state index contributed by atoms with van der Waals surface area (Å²) in [7, 11) is 0. The van der Waals surface area contributed by atoms with Gasteiger partial charge in [-0.15, -0.1) is 0 Å². The first-order valence-corrected chi connectivity index (χ1v) is 7.87. The Balaban J connectivity index is 2.75. The summed E-state index contributed by atoms with van der Waals surface area (Å²) in [6, 6.07) is 0.594. The normalized spacial score (nSPS) is 29.5. The van der Waals surface area contributed by atoms with Crippen LogP contribution >= 0.6 is 0 Å². The lowest BCUT2D eigenvalue weighted by Gasteiger charge is -2.44. The molecule has 1 rings (SSSR count). The van der Waals surface area contributed by atoms with E-state index in [9.17, 15) is 5.11 Å². The van der Waals surface area contributed by atoms with Gasteiger partial charge in [0.25, 0.3) is 0 Å². The summed E-state index contributed by atoms with van der Waals surface area (Å²) in [6.45, 7) is 13.9. The molecule has 1 aliphatic carbocycles. The molecule has 108 valence electrons. The fraction of sp³-hybridized carbons (Fsp3) is 1.00. The van der Waals surface area contributed by atoms with Crippen molar-refractivity contribution in [2.75, 3.05) is 13.1 Å². The van der Waals surface area contributed by atoms with Crippen LogP contribution in [0.25, 0.3) is 0 Å². The molecule has 0 saturated heterocycles. The van der Waals surface area contributed by atoms with E-state index in [0.29, 0.717) is 12.0 Å². The number of hydrogen-bond acceptors (Lipinski definition) is 2. The number of hydrogen-bond donors (Lipinski definition) is 1. The Morgan fingerprint density at radius 2 is 1.83 bits per heavy atom. The Bertz CT molecular complexity index is 227. The summed E-state index contributed by atoms with van der Waals surface area (Å²) >= 11 is 0. The molecule has 18 heavy (non-hydrogen) atoms. The van der Waals surface area contributed by atoms with Gasteiger partial charge in [0.2, 0.25) is 0 Å². The number of aliphatic hydroxyl groups excluding tert-OH is 1. The van der Waals surface area contributed by atoms with Crippen LogP contribution in [-0.4, -0.2) is 35.2 Å². The highest BCUT2D eigenvalue weighted by Gasteiger charge is 2.35. The van der Waals surface area contributed by atoms with Gasteiger partial charge in [-0.05, 0) is 50.0 Å². The summed E-state index contributed by atoms with van der Waals surface area (Å²) in [5.74, 6) is 2.20. The van der Waals surface area contributed by atoms with Crippen molar-refractivity contribution >= 4 is 0 Å². The molecule has 1 fully saturated rings. The van der Waals surface area contributed by atoms with E-state index in [-0.39, 0.29) is 6.10 Å². The quantitative estimate of drug-likeness (QED) is 0.784. The number of rotatable bonds is 6. The molecule has 1 aliphatic rings. The smallest absolute Gasteiger partial charge is 0.0555 e. The zero-order valence-corrected chi connectivity index (χ0v) is 13.0. The van der Waals surface area contributed by atoms with Gasteiger partial charge in [0.15, 0.2) is 0 Å². The molecular formula is C16H33NO. The first kappa shape index (κ1) is 16.0. The van der Waals surface area contributed by atoms with Gasteiger partial charge in [-0.25, -0.2) is 0 Å². The zero-order chi connectivity index (χ0) is 13.7. The van der Waals surface area contributed by atoms with Gasteiger partial charge in [0.1, 0.15) is 0 Å². The van der Waals surface area contributed by atoms with E-state index in [2.05, 4.69) is 39.5 Å². The van der Waals surface area contributed by atoms with Crippen LogP contribution in [-0.2, 0) is 0 Å².